The number of carbonyl (C=O) groups is 1. The van der Waals surface area contributed by atoms with E-state index in [-0.39, 0.29) is 11.7 Å². The molecule has 0 saturated heterocycles. The molecule has 3 rings (SSSR count). The highest BCUT2D eigenvalue weighted by Crippen LogP contribution is 2.22. The van der Waals surface area contributed by atoms with E-state index in [9.17, 15) is 4.79 Å². The average Bonchev–Trinajstić information content (AvgIpc) is 2.68. The third kappa shape index (κ3) is 5.09. The van der Waals surface area contributed by atoms with Gasteiger partial charge < -0.3 is 0 Å². The number of hydrogen-bond donors (Lipinski definition) is 0. The van der Waals surface area contributed by atoms with Crippen molar-refractivity contribution in [3.8, 4) is 11.8 Å². The van der Waals surface area contributed by atoms with E-state index in [0.29, 0.717) is 17.9 Å². The average molecular weight is 359 g/mol. The molecule has 1 nitrogen and oxygen atoms in total. The zero-order valence-electron chi connectivity index (χ0n) is 14.4. The van der Waals surface area contributed by atoms with Crippen LogP contribution in [-0.4, -0.2) is 5.78 Å². The minimum Gasteiger partial charge on any atom is -0.299 e. The molecule has 0 aromatic heterocycles. The maximum absolute atomic E-state index is 12.9. The van der Waals surface area contributed by atoms with Gasteiger partial charge in [-0.1, -0.05) is 84.1 Å². The summed E-state index contributed by atoms with van der Waals surface area (Å²) in [6.07, 6.45) is 0.918. The Labute approximate surface area is 159 Å². The lowest BCUT2D eigenvalue weighted by molar-refractivity contribution is -0.119. The van der Waals surface area contributed by atoms with Gasteiger partial charge in [0.1, 0.15) is 5.78 Å². The molecule has 0 aliphatic carbocycles. The number of hydrogen-bond acceptors (Lipinski definition) is 1. The molecule has 0 N–H and O–H groups in total. The summed E-state index contributed by atoms with van der Waals surface area (Å²) in [5.41, 5.74) is 2.94. The molecule has 0 fully saturated rings. The van der Waals surface area contributed by atoms with Gasteiger partial charge in [-0.15, -0.1) is 0 Å². The zero-order chi connectivity index (χ0) is 18.2. The summed E-state index contributed by atoms with van der Waals surface area (Å²) in [6, 6.07) is 27.1. The van der Waals surface area contributed by atoms with Crippen molar-refractivity contribution in [2.75, 3.05) is 0 Å². The van der Waals surface area contributed by atoms with Gasteiger partial charge in [0.05, 0.1) is 5.92 Å². The number of Topliss-reactive ketones (excluding diaryl/α,β-unsaturated/α-hetero) is 1. The molecule has 0 aliphatic rings. The van der Waals surface area contributed by atoms with Gasteiger partial charge >= 0.3 is 0 Å². The standard InChI is InChI=1S/C24H19ClO/c25-22-16-14-19(15-17-22)10-7-13-23(21-11-5-2-6-12-21)24(26)18-20-8-3-1-4-9-20/h1-6,8-9,11-12,14-17,23H,13,18H2. The minimum absolute atomic E-state index is 0.188. The van der Waals surface area contributed by atoms with Crippen LogP contribution in [-0.2, 0) is 11.2 Å². The van der Waals surface area contributed by atoms with E-state index in [1.54, 1.807) is 0 Å². The van der Waals surface area contributed by atoms with Crippen LogP contribution >= 0.6 is 11.6 Å². The van der Waals surface area contributed by atoms with Crippen molar-refractivity contribution in [2.45, 2.75) is 18.8 Å². The Kier molecular flexibility index (Phi) is 6.25. The van der Waals surface area contributed by atoms with E-state index >= 15 is 0 Å². The first-order chi connectivity index (χ1) is 12.7. The Morgan fingerprint density at radius 1 is 0.846 bits per heavy atom. The molecule has 1 unspecified atom stereocenters. The molecule has 0 bridgehead atoms. The summed E-state index contributed by atoms with van der Waals surface area (Å²) in [5.74, 6) is 6.26. The van der Waals surface area contributed by atoms with Crippen LogP contribution < -0.4 is 0 Å². The SMILES string of the molecule is O=C(Cc1ccccc1)C(CC#Cc1ccc(Cl)cc1)c1ccccc1. The summed E-state index contributed by atoms with van der Waals surface area (Å²) in [4.78, 5) is 12.9. The molecule has 2 heteroatoms. The Hall–Kier alpha value is -2.82. The van der Waals surface area contributed by atoms with Crippen molar-refractivity contribution in [3.05, 3.63) is 107 Å². The fraction of sp³-hybridized carbons (Fsp3) is 0.125. The van der Waals surface area contributed by atoms with Gasteiger partial charge in [0, 0.05) is 23.4 Å². The number of ketones is 1. The second-order valence-electron chi connectivity index (χ2n) is 6.10. The molecule has 1 atom stereocenters. The summed E-state index contributed by atoms with van der Waals surface area (Å²) in [7, 11) is 0. The number of halogens is 1. The lowest BCUT2D eigenvalue weighted by atomic mass is 9.88. The van der Waals surface area contributed by atoms with Crippen molar-refractivity contribution in [2.24, 2.45) is 0 Å². The largest absolute Gasteiger partial charge is 0.299 e. The number of rotatable bonds is 5. The summed E-state index contributed by atoms with van der Waals surface area (Å²) in [5, 5.41) is 0.691. The van der Waals surface area contributed by atoms with E-state index in [2.05, 4.69) is 11.8 Å². The number of carbonyl (C=O) groups excluding carboxylic acids is 1. The highest BCUT2D eigenvalue weighted by Gasteiger charge is 2.19. The quantitative estimate of drug-likeness (QED) is 0.536. The molecule has 26 heavy (non-hydrogen) atoms. The van der Waals surface area contributed by atoms with Crippen LogP contribution in [0.4, 0.5) is 0 Å². The van der Waals surface area contributed by atoms with Gasteiger partial charge in [-0.3, -0.25) is 4.79 Å². The monoisotopic (exact) mass is 358 g/mol. The van der Waals surface area contributed by atoms with Gasteiger partial charge in [-0.2, -0.15) is 0 Å². The molecular weight excluding hydrogens is 340 g/mol. The predicted molar refractivity (Wildman–Crippen MR) is 107 cm³/mol. The Balaban J connectivity index is 1.78. The molecular formula is C24H19ClO. The normalized spacial score (nSPS) is 11.3. The van der Waals surface area contributed by atoms with Crippen molar-refractivity contribution in [1.29, 1.82) is 0 Å². The summed E-state index contributed by atoms with van der Waals surface area (Å²) >= 11 is 5.90. The fourth-order valence-electron chi connectivity index (χ4n) is 2.81. The molecule has 128 valence electrons. The third-order valence-corrected chi connectivity index (χ3v) is 4.45. The van der Waals surface area contributed by atoms with Crippen LogP contribution in [0.25, 0.3) is 0 Å². The Bertz CT molecular complexity index is 903. The van der Waals surface area contributed by atoms with E-state index in [0.717, 1.165) is 16.7 Å². The maximum atomic E-state index is 12.9. The van der Waals surface area contributed by atoms with Gasteiger partial charge in [0.15, 0.2) is 0 Å². The van der Waals surface area contributed by atoms with Gasteiger partial charge in [0.25, 0.3) is 0 Å². The zero-order valence-corrected chi connectivity index (χ0v) is 15.1. The van der Waals surface area contributed by atoms with E-state index in [1.165, 1.54) is 0 Å². The molecule has 0 amide bonds. The molecule has 3 aromatic carbocycles. The van der Waals surface area contributed by atoms with E-state index in [4.69, 9.17) is 11.6 Å². The highest BCUT2D eigenvalue weighted by atomic mass is 35.5. The maximum Gasteiger partial charge on any atom is 0.145 e. The van der Waals surface area contributed by atoms with Crippen LogP contribution in [0.5, 0.6) is 0 Å². The van der Waals surface area contributed by atoms with Gasteiger partial charge in [0.2, 0.25) is 0 Å². The Morgan fingerprint density at radius 2 is 1.46 bits per heavy atom. The topological polar surface area (TPSA) is 17.1 Å². The first-order valence-electron chi connectivity index (χ1n) is 8.58. The lowest BCUT2D eigenvalue weighted by Gasteiger charge is -2.13. The summed E-state index contributed by atoms with van der Waals surface area (Å²) < 4.78 is 0. The van der Waals surface area contributed by atoms with Crippen LogP contribution in [0, 0.1) is 11.8 Å². The molecule has 0 radical (unpaired) electrons. The van der Waals surface area contributed by atoms with Crippen LogP contribution in [0.2, 0.25) is 5.02 Å². The lowest BCUT2D eigenvalue weighted by Crippen LogP contribution is -2.14. The van der Waals surface area contributed by atoms with Crippen molar-refractivity contribution in [1.82, 2.24) is 0 Å². The molecule has 0 spiro atoms. The van der Waals surface area contributed by atoms with Crippen molar-refractivity contribution >= 4 is 17.4 Å². The van der Waals surface area contributed by atoms with Crippen LogP contribution in [0.3, 0.4) is 0 Å². The first kappa shape index (κ1) is 18.0. The van der Waals surface area contributed by atoms with Gasteiger partial charge in [-0.25, -0.2) is 0 Å². The molecule has 0 saturated carbocycles. The van der Waals surface area contributed by atoms with E-state index in [1.807, 2.05) is 84.9 Å². The Morgan fingerprint density at radius 3 is 2.12 bits per heavy atom. The number of benzene rings is 3. The van der Waals surface area contributed by atoms with Crippen LogP contribution in [0.1, 0.15) is 29.0 Å². The highest BCUT2D eigenvalue weighted by molar-refractivity contribution is 6.30. The van der Waals surface area contributed by atoms with Crippen molar-refractivity contribution < 1.29 is 4.79 Å². The fourth-order valence-corrected chi connectivity index (χ4v) is 2.94. The summed E-state index contributed by atoms with van der Waals surface area (Å²) in [6.45, 7) is 0. The third-order valence-electron chi connectivity index (χ3n) is 4.19. The second-order valence-corrected chi connectivity index (χ2v) is 6.54. The molecule has 0 aliphatic heterocycles. The van der Waals surface area contributed by atoms with Crippen LogP contribution in [0.15, 0.2) is 84.9 Å². The minimum atomic E-state index is -0.226. The van der Waals surface area contributed by atoms with Gasteiger partial charge in [-0.05, 0) is 35.4 Å². The second kappa shape index (κ2) is 9.04. The molecule has 0 heterocycles. The molecule has 3 aromatic rings. The predicted octanol–water partition coefficient (Wildman–Crippen LogP) is 5.68. The van der Waals surface area contributed by atoms with E-state index < -0.39 is 0 Å². The first-order valence-corrected chi connectivity index (χ1v) is 8.96. The smallest absolute Gasteiger partial charge is 0.145 e. The van der Waals surface area contributed by atoms with Crippen molar-refractivity contribution in [3.63, 3.8) is 0 Å².